The number of alkyl halides is 3. The molecule has 0 aromatic heterocycles. The SMILES string of the molecule is CCOc1ccc(CNC(=O)C2CC(=O)N(c3cccc(C(F)(F)F)c3)C2)cc1OC. The number of benzene rings is 2. The third-order valence-electron chi connectivity index (χ3n) is 4.98. The van der Waals surface area contributed by atoms with Gasteiger partial charge < -0.3 is 19.7 Å². The van der Waals surface area contributed by atoms with Crippen LogP contribution in [0.3, 0.4) is 0 Å². The van der Waals surface area contributed by atoms with Gasteiger partial charge in [0, 0.05) is 25.2 Å². The number of carbonyl (C=O) groups is 2. The van der Waals surface area contributed by atoms with Gasteiger partial charge >= 0.3 is 6.18 Å². The largest absolute Gasteiger partial charge is 0.493 e. The number of rotatable bonds is 7. The van der Waals surface area contributed by atoms with Crippen LogP contribution in [0.1, 0.15) is 24.5 Å². The molecule has 1 aliphatic heterocycles. The zero-order valence-electron chi connectivity index (χ0n) is 17.2. The second kappa shape index (κ2) is 9.28. The van der Waals surface area contributed by atoms with E-state index in [0.717, 1.165) is 17.7 Å². The van der Waals surface area contributed by atoms with Crippen molar-refractivity contribution >= 4 is 17.5 Å². The average molecular weight is 436 g/mol. The van der Waals surface area contributed by atoms with E-state index in [1.165, 1.54) is 24.1 Å². The number of methoxy groups -OCH3 is 1. The van der Waals surface area contributed by atoms with Gasteiger partial charge in [-0.1, -0.05) is 12.1 Å². The fraction of sp³-hybridized carbons (Fsp3) is 0.364. The standard InChI is InChI=1S/C22H23F3N2O4/c1-3-31-18-8-7-14(9-19(18)30-2)12-26-21(29)15-10-20(28)27(13-15)17-6-4-5-16(11-17)22(23,24)25/h4-9,11,15H,3,10,12-13H2,1-2H3,(H,26,29). The number of nitrogens with one attached hydrogen (secondary N) is 1. The van der Waals surface area contributed by atoms with E-state index < -0.39 is 17.7 Å². The zero-order valence-corrected chi connectivity index (χ0v) is 17.2. The fourth-order valence-electron chi connectivity index (χ4n) is 3.41. The first-order chi connectivity index (χ1) is 14.7. The van der Waals surface area contributed by atoms with Crippen molar-refractivity contribution in [3.8, 4) is 11.5 Å². The van der Waals surface area contributed by atoms with E-state index in [-0.39, 0.29) is 37.0 Å². The maximum atomic E-state index is 13.0. The average Bonchev–Trinajstić information content (AvgIpc) is 3.14. The second-order valence-corrected chi connectivity index (χ2v) is 7.09. The van der Waals surface area contributed by atoms with Crippen molar-refractivity contribution in [1.82, 2.24) is 5.32 Å². The highest BCUT2D eigenvalue weighted by Gasteiger charge is 2.36. The van der Waals surface area contributed by atoms with Crippen molar-refractivity contribution in [3.05, 3.63) is 53.6 Å². The van der Waals surface area contributed by atoms with Crippen LogP contribution in [0.25, 0.3) is 0 Å². The molecule has 6 nitrogen and oxygen atoms in total. The Morgan fingerprint density at radius 3 is 2.65 bits per heavy atom. The summed E-state index contributed by atoms with van der Waals surface area (Å²) in [6.07, 6.45) is -4.57. The number of amides is 2. The Balaban J connectivity index is 1.63. The van der Waals surface area contributed by atoms with E-state index in [2.05, 4.69) is 5.32 Å². The van der Waals surface area contributed by atoms with Crippen LogP contribution >= 0.6 is 0 Å². The van der Waals surface area contributed by atoms with Gasteiger partial charge in [-0.2, -0.15) is 13.2 Å². The van der Waals surface area contributed by atoms with E-state index in [9.17, 15) is 22.8 Å². The zero-order chi connectivity index (χ0) is 22.6. The van der Waals surface area contributed by atoms with Crippen LogP contribution in [0.15, 0.2) is 42.5 Å². The lowest BCUT2D eigenvalue weighted by Gasteiger charge is -2.18. The predicted molar refractivity (Wildman–Crippen MR) is 108 cm³/mol. The number of anilines is 1. The molecule has 166 valence electrons. The summed E-state index contributed by atoms with van der Waals surface area (Å²) in [6, 6.07) is 9.84. The van der Waals surface area contributed by atoms with Gasteiger partial charge in [0.25, 0.3) is 0 Å². The number of hydrogen-bond donors (Lipinski definition) is 1. The number of carbonyl (C=O) groups excluding carboxylic acids is 2. The van der Waals surface area contributed by atoms with Gasteiger partial charge in [0.05, 0.1) is 25.2 Å². The van der Waals surface area contributed by atoms with E-state index in [1.54, 1.807) is 18.2 Å². The van der Waals surface area contributed by atoms with Gasteiger partial charge in [0.15, 0.2) is 11.5 Å². The summed E-state index contributed by atoms with van der Waals surface area (Å²) < 4.78 is 49.6. The first kappa shape index (κ1) is 22.5. The summed E-state index contributed by atoms with van der Waals surface area (Å²) in [5.74, 6) is -0.233. The molecule has 0 bridgehead atoms. The first-order valence-corrected chi connectivity index (χ1v) is 9.78. The van der Waals surface area contributed by atoms with Crippen molar-refractivity contribution in [2.75, 3.05) is 25.2 Å². The molecule has 2 aromatic carbocycles. The number of ether oxygens (including phenoxy) is 2. The number of halogens is 3. The summed E-state index contributed by atoms with van der Waals surface area (Å²) in [7, 11) is 1.52. The molecule has 1 atom stereocenters. The molecule has 1 N–H and O–H groups in total. The van der Waals surface area contributed by atoms with Crippen LogP contribution in [-0.4, -0.2) is 32.1 Å². The third kappa shape index (κ3) is 5.28. The van der Waals surface area contributed by atoms with Gasteiger partial charge in [-0.15, -0.1) is 0 Å². The lowest BCUT2D eigenvalue weighted by atomic mass is 10.1. The van der Waals surface area contributed by atoms with Crippen molar-refractivity contribution in [3.63, 3.8) is 0 Å². The molecule has 31 heavy (non-hydrogen) atoms. The van der Waals surface area contributed by atoms with E-state index in [1.807, 2.05) is 6.92 Å². The normalized spacial score (nSPS) is 16.4. The predicted octanol–water partition coefficient (Wildman–Crippen LogP) is 3.78. The molecule has 0 spiro atoms. The highest BCUT2D eigenvalue weighted by molar-refractivity contribution is 6.00. The molecule has 1 saturated heterocycles. The van der Waals surface area contributed by atoms with Gasteiger partial charge in [0.1, 0.15) is 0 Å². The molecular weight excluding hydrogens is 413 g/mol. The molecule has 1 aliphatic rings. The summed E-state index contributed by atoms with van der Waals surface area (Å²) in [5, 5.41) is 2.78. The smallest absolute Gasteiger partial charge is 0.416 e. The van der Waals surface area contributed by atoms with Crippen molar-refractivity contribution in [1.29, 1.82) is 0 Å². The quantitative estimate of drug-likeness (QED) is 0.717. The van der Waals surface area contributed by atoms with Crippen LogP contribution in [0.2, 0.25) is 0 Å². The molecule has 9 heteroatoms. The first-order valence-electron chi connectivity index (χ1n) is 9.78. The second-order valence-electron chi connectivity index (χ2n) is 7.09. The van der Waals surface area contributed by atoms with Crippen LogP contribution in [-0.2, 0) is 22.3 Å². The van der Waals surface area contributed by atoms with Crippen molar-refractivity contribution < 1.29 is 32.2 Å². The molecular formula is C22H23F3N2O4. The molecule has 2 amide bonds. The van der Waals surface area contributed by atoms with Crippen LogP contribution in [0, 0.1) is 5.92 Å². The summed E-state index contributed by atoms with van der Waals surface area (Å²) in [6.45, 7) is 2.60. The van der Waals surface area contributed by atoms with E-state index in [0.29, 0.717) is 18.1 Å². The van der Waals surface area contributed by atoms with Crippen LogP contribution in [0.5, 0.6) is 11.5 Å². The molecule has 0 aliphatic carbocycles. The summed E-state index contributed by atoms with van der Waals surface area (Å²) in [5.41, 5.74) is 0.0780. The molecule has 2 aromatic rings. The molecule has 3 rings (SSSR count). The van der Waals surface area contributed by atoms with Crippen LogP contribution in [0.4, 0.5) is 18.9 Å². The minimum absolute atomic E-state index is 0.0264. The highest BCUT2D eigenvalue weighted by Crippen LogP contribution is 2.33. The fourth-order valence-corrected chi connectivity index (χ4v) is 3.41. The Hall–Kier alpha value is -3.23. The van der Waals surface area contributed by atoms with Gasteiger partial charge in [-0.3, -0.25) is 9.59 Å². The molecule has 1 unspecified atom stereocenters. The highest BCUT2D eigenvalue weighted by atomic mass is 19.4. The van der Waals surface area contributed by atoms with E-state index in [4.69, 9.17) is 9.47 Å². The van der Waals surface area contributed by atoms with Gasteiger partial charge in [-0.25, -0.2) is 0 Å². The maximum Gasteiger partial charge on any atom is 0.416 e. The van der Waals surface area contributed by atoms with Gasteiger partial charge in [-0.05, 0) is 42.8 Å². The minimum atomic E-state index is -4.51. The lowest BCUT2D eigenvalue weighted by Crippen LogP contribution is -2.32. The Kier molecular flexibility index (Phi) is 6.72. The van der Waals surface area contributed by atoms with E-state index >= 15 is 0 Å². The summed E-state index contributed by atoms with van der Waals surface area (Å²) in [4.78, 5) is 26.1. The third-order valence-corrected chi connectivity index (χ3v) is 4.98. The topological polar surface area (TPSA) is 67.9 Å². The Morgan fingerprint density at radius 2 is 1.97 bits per heavy atom. The molecule has 0 saturated carbocycles. The minimum Gasteiger partial charge on any atom is -0.493 e. The molecule has 1 heterocycles. The monoisotopic (exact) mass is 436 g/mol. The Labute approximate surface area is 177 Å². The Bertz CT molecular complexity index is 962. The Morgan fingerprint density at radius 1 is 1.19 bits per heavy atom. The lowest BCUT2D eigenvalue weighted by molar-refractivity contribution is -0.137. The molecule has 0 radical (unpaired) electrons. The molecule has 1 fully saturated rings. The van der Waals surface area contributed by atoms with Crippen molar-refractivity contribution in [2.24, 2.45) is 5.92 Å². The van der Waals surface area contributed by atoms with Crippen LogP contribution < -0.4 is 19.7 Å². The number of nitrogens with zero attached hydrogens (tertiary/aromatic N) is 1. The maximum absolute atomic E-state index is 13.0. The van der Waals surface area contributed by atoms with Gasteiger partial charge in [0.2, 0.25) is 11.8 Å². The summed E-state index contributed by atoms with van der Waals surface area (Å²) >= 11 is 0. The number of hydrogen-bond acceptors (Lipinski definition) is 4. The van der Waals surface area contributed by atoms with Crippen molar-refractivity contribution in [2.45, 2.75) is 26.1 Å².